The first-order chi connectivity index (χ1) is 11.9. The topological polar surface area (TPSA) is 123 Å². The van der Waals surface area contributed by atoms with Crippen LogP contribution in [0.4, 0.5) is 4.79 Å². The van der Waals surface area contributed by atoms with Gasteiger partial charge >= 0.3 is 6.03 Å². The van der Waals surface area contributed by atoms with E-state index in [9.17, 15) is 9.59 Å². The molecular formula is C17H19N5O3. The van der Waals surface area contributed by atoms with Gasteiger partial charge in [-0.05, 0) is 37.5 Å². The summed E-state index contributed by atoms with van der Waals surface area (Å²) in [6, 6.07) is 6.60. The summed E-state index contributed by atoms with van der Waals surface area (Å²) in [6.45, 7) is 1.66. The predicted octanol–water partition coefficient (Wildman–Crippen LogP) is 1.52. The van der Waals surface area contributed by atoms with Gasteiger partial charge in [0.25, 0.3) is 11.8 Å². The molecule has 1 aromatic carbocycles. The number of urea groups is 1. The summed E-state index contributed by atoms with van der Waals surface area (Å²) in [6.07, 6.45) is 3.86. The molecule has 4 N–H and O–H groups in total. The van der Waals surface area contributed by atoms with Crippen LogP contribution in [0.3, 0.4) is 0 Å². The Morgan fingerprint density at radius 1 is 1.16 bits per heavy atom. The SMILES string of the molecule is CC1(c2ccc(-c3nc(C4(N)CCCC4)no3)cc2)NC(=O)NC1=O. The third-order valence-electron chi connectivity index (χ3n) is 5.12. The molecule has 1 saturated heterocycles. The highest BCUT2D eigenvalue weighted by molar-refractivity contribution is 6.07. The summed E-state index contributed by atoms with van der Waals surface area (Å²) in [5.41, 5.74) is 6.18. The molecule has 25 heavy (non-hydrogen) atoms. The fourth-order valence-electron chi connectivity index (χ4n) is 3.47. The smallest absolute Gasteiger partial charge is 0.322 e. The molecule has 1 aliphatic heterocycles. The summed E-state index contributed by atoms with van der Waals surface area (Å²) in [4.78, 5) is 27.9. The standard InChI is InChI=1S/C17H19N5O3/c1-16(14(23)20-15(24)21-16)11-6-4-10(5-7-11)12-19-13(22-25-12)17(18)8-2-3-9-17/h4-7H,2-3,8-9,18H2,1H3,(H2,20,21,23,24). The fraction of sp³-hybridized carbons (Fsp3) is 0.412. The molecule has 0 radical (unpaired) electrons. The molecule has 130 valence electrons. The Kier molecular flexibility index (Phi) is 3.40. The summed E-state index contributed by atoms with van der Waals surface area (Å²) in [5.74, 6) is 0.554. The highest BCUT2D eigenvalue weighted by atomic mass is 16.5. The van der Waals surface area contributed by atoms with E-state index in [-0.39, 0.29) is 5.91 Å². The maximum Gasteiger partial charge on any atom is 0.322 e. The van der Waals surface area contributed by atoms with Gasteiger partial charge < -0.3 is 15.6 Å². The van der Waals surface area contributed by atoms with Crippen molar-refractivity contribution < 1.29 is 14.1 Å². The van der Waals surface area contributed by atoms with Crippen molar-refractivity contribution in [1.29, 1.82) is 0 Å². The van der Waals surface area contributed by atoms with Crippen LogP contribution in [-0.2, 0) is 15.9 Å². The number of nitrogens with zero attached hydrogens (tertiary/aromatic N) is 2. The van der Waals surface area contributed by atoms with Gasteiger partial charge in [-0.15, -0.1) is 0 Å². The number of nitrogens with one attached hydrogen (secondary N) is 2. The lowest BCUT2D eigenvalue weighted by Gasteiger charge is -2.21. The van der Waals surface area contributed by atoms with E-state index < -0.39 is 17.1 Å². The van der Waals surface area contributed by atoms with Gasteiger partial charge in [0.15, 0.2) is 5.82 Å². The van der Waals surface area contributed by atoms with Crippen molar-refractivity contribution in [1.82, 2.24) is 20.8 Å². The molecule has 8 nitrogen and oxygen atoms in total. The van der Waals surface area contributed by atoms with Gasteiger partial charge in [0, 0.05) is 5.56 Å². The number of carbonyl (C=O) groups is 2. The predicted molar refractivity (Wildman–Crippen MR) is 88.1 cm³/mol. The molecule has 4 rings (SSSR count). The van der Waals surface area contributed by atoms with Crippen molar-refractivity contribution in [3.63, 3.8) is 0 Å². The summed E-state index contributed by atoms with van der Waals surface area (Å²) in [5, 5.41) is 8.93. The fourth-order valence-corrected chi connectivity index (χ4v) is 3.47. The van der Waals surface area contributed by atoms with E-state index in [0.717, 1.165) is 31.2 Å². The first-order valence-electron chi connectivity index (χ1n) is 8.28. The molecule has 8 heteroatoms. The van der Waals surface area contributed by atoms with Crippen LogP contribution in [0.1, 0.15) is 44.0 Å². The normalized spacial score (nSPS) is 25.0. The van der Waals surface area contributed by atoms with Crippen LogP contribution in [-0.4, -0.2) is 22.1 Å². The van der Waals surface area contributed by atoms with E-state index in [4.69, 9.17) is 10.3 Å². The Morgan fingerprint density at radius 3 is 2.44 bits per heavy atom. The Bertz CT molecular complexity index is 838. The zero-order valence-corrected chi connectivity index (χ0v) is 13.8. The maximum atomic E-state index is 12.0. The Balaban J connectivity index is 1.60. The number of imide groups is 1. The van der Waals surface area contributed by atoms with Crippen molar-refractivity contribution in [2.24, 2.45) is 5.73 Å². The quantitative estimate of drug-likeness (QED) is 0.727. The zero-order chi connectivity index (χ0) is 17.7. The van der Waals surface area contributed by atoms with E-state index in [1.807, 2.05) is 0 Å². The number of hydrogen-bond donors (Lipinski definition) is 3. The first kappa shape index (κ1) is 15.8. The summed E-state index contributed by atoms with van der Waals surface area (Å²) < 4.78 is 5.37. The van der Waals surface area contributed by atoms with Crippen LogP contribution in [0.2, 0.25) is 0 Å². The first-order valence-corrected chi connectivity index (χ1v) is 8.28. The van der Waals surface area contributed by atoms with Crippen LogP contribution in [0.5, 0.6) is 0 Å². The van der Waals surface area contributed by atoms with Crippen LogP contribution in [0.15, 0.2) is 28.8 Å². The molecule has 1 unspecified atom stereocenters. The number of benzene rings is 1. The average molecular weight is 341 g/mol. The van der Waals surface area contributed by atoms with Gasteiger partial charge in [0.05, 0.1) is 5.54 Å². The van der Waals surface area contributed by atoms with E-state index in [1.54, 1.807) is 31.2 Å². The van der Waals surface area contributed by atoms with Crippen molar-refractivity contribution >= 4 is 11.9 Å². The second-order valence-corrected chi connectivity index (χ2v) is 6.90. The third-order valence-corrected chi connectivity index (χ3v) is 5.12. The molecular weight excluding hydrogens is 322 g/mol. The molecule has 2 heterocycles. The summed E-state index contributed by atoms with van der Waals surface area (Å²) in [7, 11) is 0. The summed E-state index contributed by atoms with van der Waals surface area (Å²) >= 11 is 0. The van der Waals surface area contributed by atoms with Crippen molar-refractivity contribution in [2.45, 2.75) is 43.7 Å². The molecule has 1 aromatic heterocycles. The van der Waals surface area contributed by atoms with Crippen LogP contribution in [0, 0.1) is 0 Å². The number of rotatable bonds is 3. The van der Waals surface area contributed by atoms with Gasteiger partial charge in [-0.3, -0.25) is 10.1 Å². The average Bonchev–Trinajstić information content (AvgIpc) is 3.29. The monoisotopic (exact) mass is 341 g/mol. The minimum absolute atomic E-state index is 0.378. The van der Waals surface area contributed by atoms with E-state index in [0.29, 0.717) is 17.3 Å². The van der Waals surface area contributed by atoms with Crippen molar-refractivity contribution in [2.75, 3.05) is 0 Å². The number of carbonyl (C=O) groups excluding carboxylic acids is 2. The van der Waals surface area contributed by atoms with E-state index >= 15 is 0 Å². The van der Waals surface area contributed by atoms with Gasteiger partial charge in [0.1, 0.15) is 5.54 Å². The van der Waals surface area contributed by atoms with Crippen LogP contribution < -0.4 is 16.4 Å². The maximum absolute atomic E-state index is 12.0. The molecule has 1 aliphatic carbocycles. The number of amides is 3. The lowest BCUT2D eigenvalue weighted by atomic mass is 9.91. The van der Waals surface area contributed by atoms with E-state index in [2.05, 4.69) is 20.8 Å². The third kappa shape index (κ3) is 2.49. The molecule has 2 fully saturated rings. The minimum Gasteiger partial charge on any atom is -0.334 e. The molecule has 1 saturated carbocycles. The highest BCUT2D eigenvalue weighted by Gasteiger charge is 2.43. The Labute approximate surface area is 144 Å². The van der Waals surface area contributed by atoms with E-state index in [1.165, 1.54) is 0 Å². The lowest BCUT2D eigenvalue weighted by molar-refractivity contribution is -0.123. The highest BCUT2D eigenvalue weighted by Crippen LogP contribution is 2.35. The second-order valence-electron chi connectivity index (χ2n) is 6.90. The number of hydrogen-bond acceptors (Lipinski definition) is 6. The minimum atomic E-state index is -1.08. The van der Waals surface area contributed by atoms with Gasteiger partial charge in [-0.25, -0.2) is 4.79 Å². The number of aromatic nitrogens is 2. The Hall–Kier alpha value is -2.74. The van der Waals surface area contributed by atoms with Gasteiger partial charge in [-0.2, -0.15) is 4.98 Å². The van der Waals surface area contributed by atoms with Crippen LogP contribution in [0.25, 0.3) is 11.5 Å². The Morgan fingerprint density at radius 2 is 1.84 bits per heavy atom. The largest absolute Gasteiger partial charge is 0.334 e. The molecule has 3 amide bonds. The number of nitrogens with two attached hydrogens (primary N) is 1. The van der Waals surface area contributed by atoms with Gasteiger partial charge in [-0.1, -0.05) is 30.1 Å². The molecule has 0 spiro atoms. The lowest BCUT2D eigenvalue weighted by Crippen LogP contribution is -2.40. The van der Waals surface area contributed by atoms with Crippen molar-refractivity contribution in [3.05, 3.63) is 35.7 Å². The zero-order valence-electron chi connectivity index (χ0n) is 13.8. The molecule has 1 atom stereocenters. The molecule has 0 bridgehead atoms. The molecule has 2 aromatic rings. The molecule has 2 aliphatic rings. The van der Waals surface area contributed by atoms with Crippen LogP contribution >= 0.6 is 0 Å². The van der Waals surface area contributed by atoms with Gasteiger partial charge in [0.2, 0.25) is 0 Å². The second kappa shape index (κ2) is 5.38. The van der Waals surface area contributed by atoms with Crippen molar-refractivity contribution in [3.8, 4) is 11.5 Å².